The molecule has 0 bridgehead atoms. The van der Waals surface area contributed by atoms with Gasteiger partial charge < -0.3 is 14.5 Å². The van der Waals surface area contributed by atoms with Gasteiger partial charge in [0.15, 0.2) is 0 Å². The van der Waals surface area contributed by atoms with Crippen molar-refractivity contribution in [1.82, 2.24) is 10.4 Å². The molecule has 1 aliphatic heterocycles. The first-order chi connectivity index (χ1) is 14.0. The number of carbonyl (C=O) groups is 2. The molecule has 156 valence electrons. The number of rotatable bonds is 6. The third kappa shape index (κ3) is 4.22. The number of nitrogens with zero attached hydrogens (tertiary/aromatic N) is 1. The molecule has 0 saturated carbocycles. The first kappa shape index (κ1) is 19.7. The van der Waals surface area contributed by atoms with Crippen molar-refractivity contribution in [3.8, 4) is 0 Å². The molecule has 1 amide bonds. The first-order valence-corrected chi connectivity index (χ1v) is 10.2. The number of aryl methyl sites for hydroxylation is 2. The molecule has 1 aromatic rings. The van der Waals surface area contributed by atoms with Crippen LogP contribution in [0.5, 0.6) is 0 Å². The monoisotopic (exact) mass is 403 g/mol. The van der Waals surface area contributed by atoms with Crippen LogP contribution >= 0.6 is 0 Å². The zero-order valence-electron chi connectivity index (χ0n) is 16.6. The van der Waals surface area contributed by atoms with Gasteiger partial charge in [0.05, 0.1) is 25.4 Å². The number of esters is 1. The van der Waals surface area contributed by atoms with E-state index in [1.807, 2.05) is 0 Å². The predicted octanol–water partition coefficient (Wildman–Crippen LogP) is 2.78. The molecule has 0 aromatic heterocycles. The highest BCUT2D eigenvalue weighted by Gasteiger charge is 2.30. The SMILES string of the molecule is CCOC(=O)C(CN1C=C(F)CN1)OC(=O)Nc1c2c(cc3c1CCC3)CCC2. The molecular formula is C21H26FN3O4. The molecule has 0 spiro atoms. The smallest absolute Gasteiger partial charge is 0.412 e. The average Bonchev–Trinajstić information content (AvgIpc) is 3.42. The predicted molar refractivity (Wildman–Crippen MR) is 105 cm³/mol. The number of halogens is 1. The maximum Gasteiger partial charge on any atom is 0.412 e. The molecular weight excluding hydrogens is 377 g/mol. The van der Waals surface area contributed by atoms with Gasteiger partial charge in [-0.15, -0.1) is 0 Å². The van der Waals surface area contributed by atoms with Gasteiger partial charge in [-0.25, -0.2) is 19.4 Å². The lowest BCUT2D eigenvalue weighted by Crippen LogP contribution is -2.43. The zero-order valence-corrected chi connectivity index (χ0v) is 16.6. The zero-order chi connectivity index (χ0) is 20.4. The molecule has 0 radical (unpaired) electrons. The van der Waals surface area contributed by atoms with Crippen molar-refractivity contribution in [2.75, 3.05) is 25.0 Å². The highest BCUT2D eigenvalue weighted by atomic mass is 19.1. The largest absolute Gasteiger partial charge is 0.463 e. The van der Waals surface area contributed by atoms with Crippen LogP contribution in [0.2, 0.25) is 0 Å². The van der Waals surface area contributed by atoms with E-state index in [4.69, 9.17) is 9.47 Å². The van der Waals surface area contributed by atoms with E-state index < -0.39 is 18.2 Å². The molecule has 8 heteroatoms. The Bertz CT molecular complexity index is 823. The Kier molecular flexibility index (Phi) is 5.71. The van der Waals surface area contributed by atoms with Crippen LogP contribution < -0.4 is 10.7 Å². The van der Waals surface area contributed by atoms with Gasteiger partial charge in [-0.3, -0.25) is 5.32 Å². The second kappa shape index (κ2) is 8.41. The van der Waals surface area contributed by atoms with Crippen molar-refractivity contribution >= 4 is 17.7 Å². The maximum atomic E-state index is 13.3. The summed E-state index contributed by atoms with van der Waals surface area (Å²) in [5.41, 5.74) is 8.58. The van der Waals surface area contributed by atoms with Gasteiger partial charge in [-0.2, -0.15) is 0 Å². The minimum absolute atomic E-state index is 0.0370. The lowest BCUT2D eigenvalue weighted by molar-refractivity contribution is -0.153. The van der Waals surface area contributed by atoms with E-state index in [2.05, 4.69) is 16.8 Å². The number of benzene rings is 1. The van der Waals surface area contributed by atoms with E-state index in [-0.39, 0.29) is 25.5 Å². The third-order valence-electron chi connectivity index (χ3n) is 5.61. The summed E-state index contributed by atoms with van der Waals surface area (Å²) in [4.78, 5) is 25.0. The van der Waals surface area contributed by atoms with Gasteiger partial charge in [0.1, 0.15) is 5.83 Å². The Hall–Kier alpha value is -2.61. The standard InChI is InChI=1S/C21H26FN3O4/c1-2-28-20(26)18(12-25-11-15(22)10-23-25)29-21(27)24-19-16-7-3-5-13(16)9-14-6-4-8-17(14)19/h9,11,18,23H,2-8,10,12H2,1H3,(H,24,27). The molecule has 0 fully saturated rings. The van der Waals surface area contributed by atoms with Crippen LogP contribution in [-0.4, -0.2) is 42.9 Å². The van der Waals surface area contributed by atoms with Gasteiger partial charge in [0.25, 0.3) is 0 Å². The fraction of sp³-hybridized carbons (Fsp3) is 0.524. The summed E-state index contributed by atoms with van der Waals surface area (Å²) >= 11 is 0. The van der Waals surface area contributed by atoms with Crippen molar-refractivity contribution in [3.63, 3.8) is 0 Å². The van der Waals surface area contributed by atoms with Crippen LogP contribution in [0.25, 0.3) is 0 Å². The normalized spacial score (nSPS) is 18.1. The van der Waals surface area contributed by atoms with Crippen molar-refractivity contribution in [3.05, 3.63) is 40.3 Å². The number of hydrazine groups is 1. The Balaban J connectivity index is 1.49. The second-order valence-corrected chi connectivity index (χ2v) is 7.57. The van der Waals surface area contributed by atoms with Crippen molar-refractivity contribution < 1.29 is 23.5 Å². The molecule has 1 unspecified atom stereocenters. The number of hydrogen-bond acceptors (Lipinski definition) is 6. The molecule has 1 aromatic carbocycles. The topological polar surface area (TPSA) is 79.9 Å². The average molecular weight is 403 g/mol. The number of carbonyl (C=O) groups excluding carboxylic acids is 2. The molecule has 29 heavy (non-hydrogen) atoms. The second-order valence-electron chi connectivity index (χ2n) is 7.57. The van der Waals surface area contributed by atoms with E-state index in [1.165, 1.54) is 33.5 Å². The quantitative estimate of drug-likeness (QED) is 0.711. The summed E-state index contributed by atoms with van der Waals surface area (Å²) in [6.07, 6.45) is 5.44. The van der Waals surface area contributed by atoms with Gasteiger partial charge in [0, 0.05) is 6.20 Å². The fourth-order valence-corrected chi connectivity index (χ4v) is 4.36. The number of hydrogen-bond donors (Lipinski definition) is 2. The van der Waals surface area contributed by atoms with Crippen LogP contribution in [-0.2, 0) is 40.0 Å². The van der Waals surface area contributed by atoms with Crippen LogP contribution in [0.15, 0.2) is 18.1 Å². The summed E-state index contributed by atoms with van der Waals surface area (Å²) in [6.45, 7) is 1.85. The molecule has 1 heterocycles. The van der Waals surface area contributed by atoms with Gasteiger partial charge in [0.2, 0.25) is 6.10 Å². The number of nitrogens with one attached hydrogen (secondary N) is 2. The maximum absolute atomic E-state index is 13.3. The summed E-state index contributed by atoms with van der Waals surface area (Å²) in [5.74, 6) is -1.01. The number of anilines is 1. The van der Waals surface area contributed by atoms with Crippen LogP contribution in [0.4, 0.5) is 14.9 Å². The highest BCUT2D eigenvalue weighted by molar-refractivity contribution is 5.90. The van der Waals surface area contributed by atoms with Crippen molar-refractivity contribution in [2.45, 2.75) is 51.6 Å². The van der Waals surface area contributed by atoms with E-state index in [0.29, 0.717) is 0 Å². The molecule has 1 atom stereocenters. The van der Waals surface area contributed by atoms with Crippen LogP contribution in [0, 0.1) is 0 Å². The van der Waals surface area contributed by atoms with Gasteiger partial charge >= 0.3 is 12.1 Å². The number of amides is 1. The van der Waals surface area contributed by atoms with Gasteiger partial charge in [-0.05, 0) is 67.7 Å². The number of fused-ring (bicyclic) bond motifs is 2. The summed E-state index contributed by atoms with van der Waals surface area (Å²) in [5, 5.41) is 4.30. The molecule has 4 rings (SSSR count). The van der Waals surface area contributed by atoms with E-state index in [0.717, 1.165) is 44.2 Å². The van der Waals surface area contributed by atoms with E-state index in [9.17, 15) is 14.0 Å². The van der Waals surface area contributed by atoms with Crippen molar-refractivity contribution in [2.24, 2.45) is 0 Å². The van der Waals surface area contributed by atoms with Crippen LogP contribution in [0.3, 0.4) is 0 Å². The van der Waals surface area contributed by atoms with E-state index >= 15 is 0 Å². The Morgan fingerprint density at radius 2 is 1.90 bits per heavy atom. The summed E-state index contributed by atoms with van der Waals surface area (Å²) < 4.78 is 23.8. The Labute approximate surface area is 169 Å². The summed E-state index contributed by atoms with van der Waals surface area (Å²) in [7, 11) is 0. The molecule has 3 aliphatic rings. The fourth-order valence-electron chi connectivity index (χ4n) is 4.36. The van der Waals surface area contributed by atoms with Crippen LogP contribution in [0.1, 0.15) is 42.0 Å². The lowest BCUT2D eigenvalue weighted by atomic mass is 9.99. The number of ether oxygens (including phenoxy) is 2. The minimum atomic E-state index is -1.17. The molecule has 2 aliphatic carbocycles. The Morgan fingerprint density at radius 3 is 2.48 bits per heavy atom. The third-order valence-corrected chi connectivity index (χ3v) is 5.61. The summed E-state index contributed by atoms with van der Waals surface area (Å²) in [6, 6.07) is 2.28. The minimum Gasteiger partial charge on any atom is -0.463 e. The first-order valence-electron chi connectivity index (χ1n) is 10.2. The Morgan fingerprint density at radius 1 is 1.21 bits per heavy atom. The van der Waals surface area contributed by atoms with E-state index in [1.54, 1.807) is 6.92 Å². The highest BCUT2D eigenvalue weighted by Crippen LogP contribution is 2.38. The van der Waals surface area contributed by atoms with Gasteiger partial charge in [-0.1, -0.05) is 6.07 Å². The molecule has 7 nitrogen and oxygen atoms in total. The molecule has 0 saturated heterocycles. The van der Waals surface area contributed by atoms with Crippen molar-refractivity contribution in [1.29, 1.82) is 0 Å². The lowest BCUT2D eigenvalue weighted by Gasteiger charge is -2.23. The molecule has 2 N–H and O–H groups in total.